The summed E-state index contributed by atoms with van der Waals surface area (Å²) in [7, 11) is 1.72. The number of thiophene rings is 1. The van der Waals surface area contributed by atoms with Crippen molar-refractivity contribution in [2.45, 2.75) is 32.4 Å². The highest BCUT2D eigenvalue weighted by molar-refractivity contribution is 7.09. The maximum atomic E-state index is 11.8. The number of rotatable bonds is 6. The van der Waals surface area contributed by atoms with Crippen LogP contribution >= 0.6 is 11.3 Å². The number of nitrogens with zero attached hydrogens (tertiary/aromatic N) is 1. The molecule has 1 aromatic rings. The Balaban J connectivity index is 2.33. The molecule has 0 radical (unpaired) electrons. The van der Waals surface area contributed by atoms with Gasteiger partial charge in [0.15, 0.2) is 0 Å². The van der Waals surface area contributed by atoms with Crippen LogP contribution in [0.3, 0.4) is 0 Å². The highest BCUT2D eigenvalue weighted by atomic mass is 32.1. The number of carbonyl (C=O) groups is 2. The molecule has 18 heavy (non-hydrogen) atoms. The van der Waals surface area contributed by atoms with Crippen molar-refractivity contribution >= 4 is 23.3 Å². The molecule has 5 nitrogen and oxygen atoms in total. The fraction of sp³-hybridized carbons (Fsp3) is 0.500. The van der Waals surface area contributed by atoms with E-state index < -0.39 is 5.97 Å². The van der Waals surface area contributed by atoms with Gasteiger partial charge in [0, 0.05) is 24.4 Å². The summed E-state index contributed by atoms with van der Waals surface area (Å²) in [4.78, 5) is 24.9. The van der Waals surface area contributed by atoms with E-state index in [0.717, 1.165) is 4.88 Å². The number of aliphatic carboxylic acids is 1. The Morgan fingerprint density at radius 2 is 2.28 bits per heavy atom. The lowest BCUT2D eigenvalue weighted by molar-refractivity contribution is -0.137. The summed E-state index contributed by atoms with van der Waals surface area (Å²) in [6.45, 7) is 2.37. The number of carboxylic acid groups (broad SMARTS) is 1. The van der Waals surface area contributed by atoms with Crippen molar-refractivity contribution in [3.8, 4) is 0 Å². The van der Waals surface area contributed by atoms with E-state index in [2.05, 4.69) is 5.32 Å². The average Bonchev–Trinajstić information content (AvgIpc) is 2.79. The van der Waals surface area contributed by atoms with Gasteiger partial charge in [-0.3, -0.25) is 4.79 Å². The Hall–Kier alpha value is -1.56. The first-order valence-electron chi connectivity index (χ1n) is 5.75. The van der Waals surface area contributed by atoms with Gasteiger partial charge in [-0.2, -0.15) is 0 Å². The number of carbonyl (C=O) groups excluding carboxylic acids is 1. The van der Waals surface area contributed by atoms with Gasteiger partial charge in [-0.15, -0.1) is 11.3 Å². The molecular weight excluding hydrogens is 252 g/mol. The van der Waals surface area contributed by atoms with Crippen LogP contribution in [0.4, 0.5) is 4.79 Å². The van der Waals surface area contributed by atoms with Gasteiger partial charge < -0.3 is 15.3 Å². The third kappa shape index (κ3) is 5.18. The molecule has 0 fully saturated rings. The summed E-state index contributed by atoms with van der Waals surface area (Å²) in [6.07, 6.45) is 0.504. The van der Waals surface area contributed by atoms with Crippen molar-refractivity contribution in [3.63, 3.8) is 0 Å². The third-order valence-corrected chi connectivity index (χ3v) is 3.34. The Morgan fingerprint density at radius 3 is 2.83 bits per heavy atom. The lowest BCUT2D eigenvalue weighted by atomic mass is 10.2. The summed E-state index contributed by atoms with van der Waals surface area (Å²) < 4.78 is 0. The molecule has 2 amide bonds. The van der Waals surface area contributed by atoms with E-state index in [-0.39, 0.29) is 18.5 Å². The van der Waals surface area contributed by atoms with Gasteiger partial charge in [0.2, 0.25) is 0 Å². The largest absolute Gasteiger partial charge is 0.481 e. The van der Waals surface area contributed by atoms with Crippen molar-refractivity contribution < 1.29 is 14.7 Å². The summed E-state index contributed by atoms with van der Waals surface area (Å²) >= 11 is 1.60. The maximum absolute atomic E-state index is 11.8. The molecule has 1 atom stereocenters. The monoisotopic (exact) mass is 270 g/mol. The predicted octanol–water partition coefficient (Wildman–Crippen LogP) is 2.14. The van der Waals surface area contributed by atoms with Crippen LogP contribution in [0, 0.1) is 0 Å². The van der Waals surface area contributed by atoms with Crippen LogP contribution in [0.2, 0.25) is 0 Å². The summed E-state index contributed by atoms with van der Waals surface area (Å²) in [5, 5.41) is 13.3. The van der Waals surface area contributed by atoms with Gasteiger partial charge >= 0.3 is 12.0 Å². The van der Waals surface area contributed by atoms with Gasteiger partial charge in [-0.1, -0.05) is 6.07 Å². The minimum absolute atomic E-state index is 0.0656. The fourth-order valence-corrected chi connectivity index (χ4v) is 2.20. The zero-order valence-corrected chi connectivity index (χ0v) is 11.4. The molecule has 1 heterocycles. The lowest BCUT2D eigenvalue weighted by Crippen LogP contribution is -2.41. The van der Waals surface area contributed by atoms with Gasteiger partial charge in [0.05, 0.1) is 6.54 Å². The topological polar surface area (TPSA) is 69.6 Å². The Bertz CT molecular complexity index is 392. The van der Waals surface area contributed by atoms with Crippen LogP contribution < -0.4 is 5.32 Å². The molecule has 0 saturated heterocycles. The van der Waals surface area contributed by atoms with Crippen LogP contribution in [0.15, 0.2) is 17.5 Å². The van der Waals surface area contributed by atoms with E-state index >= 15 is 0 Å². The molecule has 2 N–H and O–H groups in total. The van der Waals surface area contributed by atoms with E-state index in [9.17, 15) is 9.59 Å². The number of carboxylic acids is 1. The van der Waals surface area contributed by atoms with Crippen LogP contribution in [0.1, 0.15) is 24.6 Å². The molecule has 1 rings (SSSR count). The van der Waals surface area contributed by atoms with E-state index in [1.807, 2.05) is 17.5 Å². The SMILES string of the molecule is CC(CCC(=O)O)NC(=O)N(C)Cc1cccs1. The van der Waals surface area contributed by atoms with Crippen LogP contribution in [-0.4, -0.2) is 35.1 Å². The standard InChI is InChI=1S/C12H18N2O3S/c1-9(5-6-11(15)16)13-12(17)14(2)8-10-4-3-7-18-10/h3-4,7,9H,5-6,8H2,1-2H3,(H,13,17)(H,15,16). The smallest absolute Gasteiger partial charge is 0.317 e. The van der Waals surface area contributed by atoms with E-state index in [4.69, 9.17) is 5.11 Å². The quantitative estimate of drug-likeness (QED) is 0.832. The van der Waals surface area contributed by atoms with Gasteiger partial charge in [-0.25, -0.2) is 4.79 Å². The number of amides is 2. The summed E-state index contributed by atoms with van der Waals surface area (Å²) in [5.74, 6) is -0.844. The second kappa shape index (κ2) is 7.00. The number of urea groups is 1. The Morgan fingerprint density at radius 1 is 1.56 bits per heavy atom. The molecule has 0 aromatic carbocycles. The molecule has 1 aromatic heterocycles. The average molecular weight is 270 g/mol. The molecule has 0 bridgehead atoms. The molecule has 0 aliphatic heterocycles. The van der Waals surface area contributed by atoms with E-state index in [1.54, 1.807) is 30.2 Å². The first-order valence-corrected chi connectivity index (χ1v) is 6.63. The van der Waals surface area contributed by atoms with E-state index in [0.29, 0.717) is 13.0 Å². The zero-order valence-electron chi connectivity index (χ0n) is 10.5. The second-order valence-corrected chi connectivity index (χ2v) is 5.25. The molecule has 6 heteroatoms. The van der Waals surface area contributed by atoms with Gasteiger partial charge in [0.1, 0.15) is 0 Å². The number of nitrogens with one attached hydrogen (secondary N) is 1. The van der Waals surface area contributed by atoms with Crippen molar-refractivity contribution in [1.29, 1.82) is 0 Å². The predicted molar refractivity (Wildman–Crippen MR) is 70.6 cm³/mol. The van der Waals surface area contributed by atoms with Crippen molar-refractivity contribution in [2.24, 2.45) is 0 Å². The minimum Gasteiger partial charge on any atom is -0.481 e. The minimum atomic E-state index is -0.844. The highest BCUT2D eigenvalue weighted by Crippen LogP contribution is 2.10. The summed E-state index contributed by atoms with van der Waals surface area (Å²) in [5.41, 5.74) is 0. The summed E-state index contributed by atoms with van der Waals surface area (Å²) in [6, 6.07) is 3.60. The fourth-order valence-electron chi connectivity index (χ4n) is 1.44. The van der Waals surface area contributed by atoms with Crippen LogP contribution in [-0.2, 0) is 11.3 Å². The van der Waals surface area contributed by atoms with Crippen molar-refractivity contribution in [3.05, 3.63) is 22.4 Å². The molecule has 0 saturated carbocycles. The first kappa shape index (κ1) is 14.5. The lowest BCUT2D eigenvalue weighted by Gasteiger charge is -2.20. The molecule has 0 spiro atoms. The van der Waals surface area contributed by atoms with Gasteiger partial charge in [-0.05, 0) is 24.8 Å². The highest BCUT2D eigenvalue weighted by Gasteiger charge is 2.13. The van der Waals surface area contributed by atoms with E-state index in [1.165, 1.54) is 0 Å². The maximum Gasteiger partial charge on any atom is 0.317 e. The molecule has 1 unspecified atom stereocenters. The Kier molecular flexibility index (Phi) is 5.64. The number of hydrogen-bond acceptors (Lipinski definition) is 3. The molecular formula is C12H18N2O3S. The van der Waals surface area contributed by atoms with Crippen LogP contribution in [0.25, 0.3) is 0 Å². The van der Waals surface area contributed by atoms with Crippen LogP contribution in [0.5, 0.6) is 0 Å². The second-order valence-electron chi connectivity index (χ2n) is 4.22. The molecule has 100 valence electrons. The molecule has 0 aliphatic carbocycles. The first-order chi connectivity index (χ1) is 8.49. The van der Waals surface area contributed by atoms with Crippen molar-refractivity contribution in [1.82, 2.24) is 10.2 Å². The molecule has 0 aliphatic rings. The zero-order chi connectivity index (χ0) is 13.5. The number of hydrogen-bond donors (Lipinski definition) is 2. The Labute approximate surface area is 110 Å². The van der Waals surface area contributed by atoms with Gasteiger partial charge in [0.25, 0.3) is 0 Å². The third-order valence-electron chi connectivity index (χ3n) is 2.48. The normalized spacial score (nSPS) is 11.9. The van der Waals surface area contributed by atoms with Crippen molar-refractivity contribution in [2.75, 3.05) is 7.05 Å².